The number of aliphatic hydroxyl groups is 1. The predicted octanol–water partition coefficient (Wildman–Crippen LogP) is 2.18. The van der Waals surface area contributed by atoms with Crippen LogP contribution in [-0.2, 0) is 0 Å². The van der Waals surface area contributed by atoms with Crippen molar-refractivity contribution in [1.29, 1.82) is 0 Å². The van der Waals surface area contributed by atoms with Crippen LogP contribution in [0.25, 0.3) is 0 Å². The second kappa shape index (κ2) is 3.62. The Hall–Kier alpha value is -1.02. The van der Waals surface area contributed by atoms with E-state index in [0.29, 0.717) is 12.5 Å². The van der Waals surface area contributed by atoms with E-state index in [1.807, 2.05) is 31.2 Å². The summed E-state index contributed by atoms with van der Waals surface area (Å²) < 4.78 is 5.60. The van der Waals surface area contributed by atoms with Crippen LogP contribution in [0.5, 0.6) is 5.75 Å². The Kier molecular flexibility index (Phi) is 2.46. The maximum absolute atomic E-state index is 9.74. The minimum atomic E-state index is -0.310. The minimum Gasteiger partial charge on any atom is -0.493 e. The number of para-hydroxylation sites is 1. The Morgan fingerprint density at radius 3 is 2.86 bits per heavy atom. The van der Waals surface area contributed by atoms with Gasteiger partial charge in [-0.2, -0.15) is 0 Å². The van der Waals surface area contributed by atoms with Crippen LogP contribution in [0.15, 0.2) is 24.3 Å². The highest BCUT2D eigenvalue weighted by molar-refractivity contribution is 5.38. The smallest absolute Gasteiger partial charge is 0.122 e. The van der Waals surface area contributed by atoms with Gasteiger partial charge in [0.2, 0.25) is 0 Å². The van der Waals surface area contributed by atoms with Crippen molar-refractivity contribution >= 4 is 0 Å². The fraction of sp³-hybridized carbons (Fsp3) is 0.500. The van der Waals surface area contributed by atoms with Gasteiger partial charge in [-0.1, -0.05) is 25.1 Å². The van der Waals surface area contributed by atoms with E-state index in [4.69, 9.17) is 4.74 Å². The standard InChI is InChI=1S/C12H16O2/c1-8-7-14-11-6-4-3-5-10(11)12(8)9(2)13/h3-6,8-9,12-13H,7H2,1-2H3. The summed E-state index contributed by atoms with van der Waals surface area (Å²) in [7, 11) is 0. The molecule has 1 aromatic carbocycles. The summed E-state index contributed by atoms with van der Waals surface area (Å²) >= 11 is 0. The lowest BCUT2D eigenvalue weighted by atomic mass is 9.82. The molecule has 0 fully saturated rings. The Balaban J connectivity index is 2.41. The van der Waals surface area contributed by atoms with Crippen LogP contribution in [0.2, 0.25) is 0 Å². The van der Waals surface area contributed by atoms with Crippen LogP contribution < -0.4 is 4.74 Å². The van der Waals surface area contributed by atoms with E-state index in [9.17, 15) is 5.11 Å². The topological polar surface area (TPSA) is 29.5 Å². The lowest BCUT2D eigenvalue weighted by molar-refractivity contribution is 0.0968. The van der Waals surface area contributed by atoms with Crippen molar-refractivity contribution in [3.8, 4) is 5.75 Å². The molecule has 0 bridgehead atoms. The molecule has 1 aliphatic heterocycles. The van der Waals surface area contributed by atoms with Crippen molar-refractivity contribution in [3.05, 3.63) is 29.8 Å². The lowest BCUT2D eigenvalue weighted by Crippen LogP contribution is -2.30. The van der Waals surface area contributed by atoms with Crippen LogP contribution >= 0.6 is 0 Å². The van der Waals surface area contributed by atoms with E-state index in [0.717, 1.165) is 11.3 Å². The van der Waals surface area contributed by atoms with Gasteiger partial charge < -0.3 is 9.84 Å². The third-order valence-electron chi connectivity index (χ3n) is 2.91. The summed E-state index contributed by atoms with van der Waals surface area (Å²) in [4.78, 5) is 0. The second-order valence-electron chi connectivity index (χ2n) is 4.09. The number of fused-ring (bicyclic) bond motifs is 1. The third-order valence-corrected chi connectivity index (χ3v) is 2.91. The Morgan fingerprint density at radius 2 is 2.14 bits per heavy atom. The number of benzene rings is 1. The zero-order chi connectivity index (χ0) is 10.1. The number of hydrogen-bond donors (Lipinski definition) is 1. The highest BCUT2D eigenvalue weighted by Crippen LogP contribution is 2.38. The van der Waals surface area contributed by atoms with E-state index in [2.05, 4.69) is 6.92 Å². The van der Waals surface area contributed by atoms with E-state index in [1.54, 1.807) is 0 Å². The summed E-state index contributed by atoms with van der Waals surface area (Å²) in [5.41, 5.74) is 1.14. The molecular weight excluding hydrogens is 176 g/mol. The molecule has 0 saturated heterocycles. The highest BCUT2D eigenvalue weighted by atomic mass is 16.5. The van der Waals surface area contributed by atoms with Crippen LogP contribution in [0, 0.1) is 5.92 Å². The predicted molar refractivity (Wildman–Crippen MR) is 55.5 cm³/mol. The van der Waals surface area contributed by atoms with Gasteiger partial charge in [0.1, 0.15) is 5.75 Å². The average molecular weight is 192 g/mol. The highest BCUT2D eigenvalue weighted by Gasteiger charge is 2.30. The molecule has 1 aromatic rings. The zero-order valence-electron chi connectivity index (χ0n) is 8.60. The van der Waals surface area contributed by atoms with Gasteiger partial charge in [0.05, 0.1) is 12.7 Å². The molecule has 0 amide bonds. The summed E-state index contributed by atoms with van der Waals surface area (Å²) in [5.74, 6) is 1.52. The van der Waals surface area contributed by atoms with Gasteiger partial charge in [-0.05, 0) is 18.9 Å². The first-order chi connectivity index (χ1) is 6.70. The molecule has 0 spiro atoms. The molecule has 2 rings (SSSR count). The SMILES string of the molecule is CC(O)C1c2ccccc2OCC1C. The fourth-order valence-electron chi connectivity index (χ4n) is 2.25. The number of hydrogen-bond acceptors (Lipinski definition) is 2. The van der Waals surface area contributed by atoms with Crippen molar-refractivity contribution in [2.24, 2.45) is 5.92 Å². The molecule has 3 atom stereocenters. The Bertz CT molecular complexity index is 320. The van der Waals surface area contributed by atoms with Crippen LogP contribution in [0.3, 0.4) is 0 Å². The monoisotopic (exact) mass is 192 g/mol. The molecular formula is C12H16O2. The Morgan fingerprint density at radius 1 is 1.43 bits per heavy atom. The lowest BCUT2D eigenvalue weighted by Gasteiger charge is -2.33. The first-order valence-electron chi connectivity index (χ1n) is 5.10. The first kappa shape index (κ1) is 9.53. The molecule has 0 aromatic heterocycles. The summed E-state index contributed by atoms with van der Waals surface area (Å²) in [6.45, 7) is 4.67. The van der Waals surface area contributed by atoms with E-state index in [-0.39, 0.29) is 12.0 Å². The van der Waals surface area contributed by atoms with Crippen molar-refractivity contribution in [3.63, 3.8) is 0 Å². The average Bonchev–Trinajstić information content (AvgIpc) is 2.17. The molecule has 1 aliphatic rings. The van der Waals surface area contributed by atoms with Crippen LogP contribution in [-0.4, -0.2) is 17.8 Å². The van der Waals surface area contributed by atoms with E-state index >= 15 is 0 Å². The van der Waals surface area contributed by atoms with Gasteiger partial charge in [-0.25, -0.2) is 0 Å². The van der Waals surface area contributed by atoms with Crippen LogP contribution in [0.1, 0.15) is 25.3 Å². The Labute approximate surface area is 84.5 Å². The van der Waals surface area contributed by atoms with Crippen molar-refractivity contribution in [2.45, 2.75) is 25.9 Å². The summed E-state index contributed by atoms with van der Waals surface area (Å²) in [5, 5.41) is 9.74. The largest absolute Gasteiger partial charge is 0.493 e. The van der Waals surface area contributed by atoms with Gasteiger partial charge in [-0.15, -0.1) is 0 Å². The van der Waals surface area contributed by atoms with Gasteiger partial charge >= 0.3 is 0 Å². The maximum Gasteiger partial charge on any atom is 0.122 e. The quantitative estimate of drug-likeness (QED) is 0.739. The summed E-state index contributed by atoms with van der Waals surface area (Å²) in [6, 6.07) is 7.97. The van der Waals surface area contributed by atoms with Gasteiger partial charge in [0.25, 0.3) is 0 Å². The molecule has 76 valence electrons. The fourth-order valence-corrected chi connectivity index (χ4v) is 2.25. The third kappa shape index (κ3) is 1.50. The van der Waals surface area contributed by atoms with Crippen molar-refractivity contribution < 1.29 is 9.84 Å². The zero-order valence-corrected chi connectivity index (χ0v) is 8.60. The second-order valence-corrected chi connectivity index (χ2v) is 4.09. The molecule has 3 unspecified atom stereocenters. The number of ether oxygens (including phenoxy) is 1. The first-order valence-corrected chi connectivity index (χ1v) is 5.10. The van der Waals surface area contributed by atoms with Crippen LogP contribution in [0.4, 0.5) is 0 Å². The molecule has 0 radical (unpaired) electrons. The normalized spacial score (nSPS) is 27.6. The number of rotatable bonds is 1. The molecule has 2 nitrogen and oxygen atoms in total. The van der Waals surface area contributed by atoms with Gasteiger partial charge in [0, 0.05) is 11.5 Å². The molecule has 0 aliphatic carbocycles. The molecule has 1 N–H and O–H groups in total. The summed E-state index contributed by atoms with van der Waals surface area (Å²) in [6.07, 6.45) is -0.310. The minimum absolute atomic E-state index is 0.208. The van der Waals surface area contributed by atoms with E-state index < -0.39 is 0 Å². The van der Waals surface area contributed by atoms with Crippen molar-refractivity contribution in [1.82, 2.24) is 0 Å². The molecule has 2 heteroatoms. The van der Waals surface area contributed by atoms with Crippen molar-refractivity contribution in [2.75, 3.05) is 6.61 Å². The van der Waals surface area contributed by atoms with E-state index in [1.165, 1.54) is 0 Å². The molecule has 14 heavy (non-hydrogen) atoms. The van der Waals surface area contributed by atoms with Gasteiger partial charge in [0.15, 0.2) is 0 Å². The number of aliphatic hydroxyl groups excluding tert-OH is 1. The maximum atomic E-state index is 9.74. The molecule has 0 saturated carbocycles. The van der Waals surface area contributed by atoms with Gasteiger partial charge in [-0.3, -0.25) is 0 Å². The molecule has 1 heterocycles.